The minimum absolute atomic E-state index is 0. The van der Waals surface area contributed by atoms with Crippen LogP contribution in [0.5, 0.6) is 0 Å². The van der Waals surface area contributed by atoms with Crippen molar-refractivity contribution in [2.24, 2.45) is 0 Å². The Labute approximate surface area is 68.5 Å². The summed E-state index contributed by atoms with van der Waals surface area (Å²) in [6.45, 7) is 6.26. The Morgan fingerprint density at radius 2 is 2.29 bits per heavy atom. The van der Waals surface area contributed by atoms with E-state index in [1.807, 2.05) is 0 Å². The van der Waals surface area contributed by atoms with Crippen molar-refractivity contribution in [1.29, 1.82) is 0 Å². The van der Waals surface area contributed by atoms with Crippen LogP contribution in [0.3, 0.4) is 0 Å². The van der Waals surface area contributed by atoms with E-state index in [1.54, 1.807) is 6.92 Å². The van der Waals surface area contributed by atoms with Crippen molar-refractivity contribution >= 4 is 6.47 Å². The van der Waals surface area contributed by atoms with Crippen LogP contribution in [0.4, 0.5) is 0 Å². The van der Waals surface area contributed by atoms with Crippen LogP contribution >= 0.6 is 0 Å². The van der Waals surface area contributed by atoms with Gasteiger partial charge in [0.05, 0.1) is 0 Å². The largest absolute Gasteiger partial charge is 0.675 e. The van der Waals surface area contributed by atoms with Gasteiger partial charge in [-0.2, -0.15) is 0 Å². The minimum atomic E-state index is -0.275. The number of hydrogen-bond donors (Lipinski definition) is 0. The summed E-state index contributed by atoms with van der Waals surface area (Å²) >= 11 is 0. The van der Waals surface area contributed by atoms with E-state index in [1.165, 1.54) is 6.47 Å². The third-order valence-electron chi connectivity index (χ3n) is 0.249. The molecular formula is C4H6O2Y-2. The number of rotatable bonds is 2. The molecule has 0 aromatic heterocycles. The smallest absolute Gasteiger partial charge is 0 e. The predicted molar refractivity (Wildman–Crippen MR) is 21.6 cm³/mol. The van der Waals surface area contributed by atoms with Gasteiger partial charge in [-0.25, -0.2) is 0 Å². The standard InChI is InChI=1S/C4H6O2.Y/c1-4(2)6-3-5;/h4H,1H2,2H3;/q-2;. The van der Waals surface area contributed by atoms with Gasteiger partial charge in [0.25, 0.3) is 0 Å². The number of ether oxygens (including phenoxy) is 1. The van der Waals surface area contributed by atoms with Gasteiger partial charge >= 0.3 is 0 Å². The summed E-state index contributed by atoms with van der Waals surface area (Å²) in [5.41, 5.74) is 0. The summed E-state index contributed by atoms with van der Waals surface area (Å²) in [5.74, 6) is 0. The maximum atomic E-state index is 9.23. The molecule has 0 aromatic rings. The van der Waals surface area contributed by atoms with Crippen LogP contribution in [0.25, 0.3) is 0 Å². The van der Waals surface area contributed by atoms with Crippen molar-refractivity contribution < 1.29 is 42.2 Å². The molecule has 0 aromatic carbocycles. The molecule has 1 atom stereocenters. The molecule has 0 spiro atoms. The molecule has 39 valence electrons. The molecule has 0 rings (SSSR count). The number of carbonyl (C=O) groups excluding carboxylic acids is 1. The molecule has 0 N–H and O–H groups in total. The Balaban J connectivity index is 0. The Hall–Kier alpha value is 0.574. The van der Waals surface area contributed by atoms with E-state index in [0.717, 1.165) is 0 Å². The molecular weight excluding hydrogens is 169 g/mol. The molecule has 0 amide bonds. The van der Waals surface area contributed by atoms with E-state index in [0.29, 0.717) is 0 Å². The van der Waals surface area contributed by atoms with Gasteiger partial charge in [0.15, 0.2) is 0 Å². The van der Waals surface area contributed by atoms with Gasteiger partial charge in [0.1, 0.15) is 0 Å². The van der Waals surface area contributed by atoms with Crippen molar-refractivity contribution in [1.82, 2.24) is 0 Å². The van der Waals surface area contributed by atoms with Gasteiger partial charge in [-0.1, -0.05) is 19.5 Å². The molecule has 3 heteroatoms. The molecule has 0 saturated carbocycles. The molecule has 0 fully saturated rings. The molecule has 2 nitrogen and oxygen atoms in total. The summed E-state index contributed by atoms with van der Waals surface area (Å²) in [6, 6.07) is 0. The van der Waals surface area contributed by atoms with Gasteiger partial charge < -0.3 is 16.5 Å². The fourth-order valence-electron chi connectivity index (χ4n) is 0.0821. The first kappa shape index (κ1) is 10.5. The maximum absolute atomic E-state index is 9.23. The molecule has 0 aliphatic heterocycles. The van der Waals surface area contributed by atoms with E-state index in [2.05, 4.69) is 11.7 Å². The van der Waals surface area contributed by atoms with Crippen LogP contribution in [0.2, 0.25) is 0 Å². The fraction of sp³-hybridized carbons (Fsp3) is 0.500. The first-order valence-electron chi connectivity index (χ1n) is 1.63. The maximum Gasteiger partial charge on any atom is 0 e. The average Bonchev–Trinajstić information content (AvgIpc) is 1.35. The van der Waals surface area contributed by atoms with E-state index < -0.39 is 0 Å². The molecule has 0 saturated heterocycles. The molecule has 1 unspecified atom stereocenters. The second kappa shape index (κ2) is 6.57. The summed E-state index contributed by atoms with van der Waals surface area (Å²) in [5, 5.41) is 0. The topological polar surface area (TPSA) is 26.3 Å². The zero-order chi connectivity index (χ0) is 4.99. The molecule has 0 aliphatic rings. The van der Waals surface area contributed by atoms with E-state index >= 15 is 0 Å². The zero-order valence-electron chi connectivity index (χ0n) is 4.18. The van der Waals surface area contributed by atoms with Crippen LogP contribution < -0.4 is 0 Å². The minimum Gasteiger partial charge on any atom is -0.675 e. The predicted octanol–water partition coefficient (Wildman–Crippen LogP) is 0.290. The van der Waals surface area contributed by atoms with Crippen molar-refractivity contribution in [2.75, 3.05) is 0 Å². The molecule has 0 heterocycles. The van der Waals surface area contributed by atoms with Crippen molar-refractivity contribution in [3.8, 4) is 0 Å². The third kappa shape index (κ3) is 10.8. The first-order chi connectivity index (χ1) is 2.77. The Morgan fingerprint density at radius 1 is 1.86 bits per heavy atom. The summed E-state index contributed by atoms with van der Waals surface area (Å²) < 4.78 is 4.12. The monoisotopic (exact) mass is 175 g/mol. The van der Waals surface area contributed by atoms with Gasteiger partial charge in [-0.05, 0) is 0 Å². The van der Waals surface area contributed by atoms with Crippen LogP contribution in [-0.2, 0) is 42.2 Å². The first-order valence-corrected chi connectivity index (χ1v) is 1.63. The van der Waals surface area contributed by atoms with Crippen molar-refractivity contribution in [2.45, 2.75) is 13.0 Å². The summed E-state index contributed by atoms with van der Waals surface area (Å²) in [4.78, 5) is 9.23. The molecule has 0 aliphatic carbocycles. The Morgan fingerprint density at radius 3 is 2.29 bits per heavy atom. The number of hydrogen-bond acceptors (Lipinski definition) is 2. The van der Waals surface area contributed by atoms with Crippen LogP contribution in [0.1, 0.15) is 6.92 Å². The van der Waals surface area contributed by atoms with Crippen LogP contribution in [0, 0.1) is 6.92 Å². The van der Waals surface area contributed by atoms with E-state index in [9.17, 15) is 4.79 Å². The van der Waals surface area contributed by atoms with Gasteiger partial charge in [-0.3, -0.25) is 0 Å². The molecule has 7 heavy (non-hydrogen) atoms. The Bertz CT molecular complexity index is 45.0. The Kier molecular flexibility index (Phi) is 9.89. The quantitative estimate of drug-likeness (QED) is 0.563. The van der Waals surface area contributed by atoms with Gasteiger partial charge in [0.2, 0.25) is 0 Å². The summed E-state index contributed by atoms with van der Waals surface area (Å²) in [6.07, 6.45) is -0.275. The van der Waals surface area contributed by atoms with E-state index in [4.69, 9.17) is 0 Å². The zero-order valence-corrected chi connectivity index (χ0v) is 7.02. The fourth-order valence-corrected chi connectivity index (χ4v) is 0.0821. The van der Waals surface area contributed by atoms with Crippen molar-refractivity contribution in [3.63, 3.8) is 0 Å². The summed E-state index contributed by atoms with van der Waals surface area (Å²) in [7, 11) is 0. The second-order valence-electron chi connectivity index (χ2n) is 1.01. The third-order valence-corrected chi connectivity index (χ3v) is 0.249. The second-order valence-corrected chi connectivity index (χ2v) is 1.01. The average molecular weight is 175 g/mol. The molecule has 1 radical (unpaired) electrons. The van der Waals surface area contributed by atoms with Crippen LogP contribution in [0.15, 0.2) is 0 Å². The normalized spacial score (nSPS) is 11.1. The van der Waals surface area contributed by atoms with Crippen LogP contribution in [-0.4, -0.2) is 12.6 Å². The molecule has 0 bridgehead atoms. The SMILES string of the molecule is [CH2-]C(C)O[C-]=O.[Y]. The van der Waals surface area contributed by atoms with Crippen molar-refractivity contribution in [3.05, 3.63) is 6.92 Å². The van der Waals surface area contributed by atoms with Gasteiger partial charge in [0, 0.05) is 32.7 Å². The van der Waals surface area contributed by atoms with Gasteiger partial charge in [-0.15, -0.1) is 0 Å². The van der Waals surface area contributed by atoms with E-state index in [-0.39, 0.29) is 38.8 Å².